The first kappa shape index (κ1) is 21.4. The molecule has 0 aliphatic carbocycles. The monoisotopic (exact) mass is 425 g/mol. The van der Waals surface area contributed by atoms with Crippen molar-refractivity contribution >= 4 is 11.8 Å². The molecule has 1 atom stereocenters. The Morgan fingerprint density at radius 3 is 3.00 bits per heavy atom. The van der Waals surface area contributed by atoms with Crippen LogP contribution < -0.4 is 4.74 Å². The molecule has 1 aromatic heterocycles. The van der Waals surface area contributed by atoms with E-state index in [-0.39, 0.29) is 24.3 Å². The fourth-order valence-corrected chi connectivity index (χ4v) is 4.45. The van der Waals surface area contributed by atoms with Gasteiger partial charge < -0.3 is 19.0 Å². The number of oxazole rings is 1. The number of nitrogens with zero attached hydrogens (tertiary/aromatic N) is 3. The molecule has 2 amide bonds. The molecule has 2 fully saturated rings. The summed E-state index contributed by atoms with van der Waals surface area (Å²) in [7, 11) is 1.66. The van der Waals surface area contributed by atoms with E-state index in [4.69, 9.17) is 9.15 Å². The van der Waals surface area contributed by atoms with E-state index in [2.05, 4.69) is 4.98 Å². The maximum atomic E-state index is 12.9. The molecule has 166 valence electrons. The third kappa shape index (κ3) is 5.46. The number of hydrogen-bond donors (Lipinski definition) is 0. The third-order valence-corrected chi connectivity index (χ3v) is 6.20. The lowest BCUT2D eigenvalue weighted by Gasteiger charge is -2.33. The molecule has 0 radical (unpaired) electrons. The van der Waals surface area contributed by atoms with Crippen molar-refractivity contribution in [1.29, 1.82) is 0 Å². The van der Waals surface area contributed by atoms with Crippen molar-refractivity contribution in [2.75, 3.05) is 33.3 Å². The molecule has 7 heteroatoms. The van der Waals surface area contributed by atoms with Gasteiger partial charge in [-0.15, -0.1) is 0 Å². The summed E-state index contributed by atoms with van der Waals surface area (Å²) in [5.41, 5.74) is 1.10. The van der Waals surface area contributed by atoms with Gasteiger partial charge in [-0.05, 0) is 43.4 Å². The zero-order chi connectivity index (χ0) is 21.6. The smallest absolute Gasteiger partial charge is 0.242 e. The summed E-state index contributed by atoms with van der Waals surface area (Å²) in [5, 5.41) is 0. The first-order valence-electron chi connectivity index (χ1n) is 11.3. The second-order valence-corrected chi connectivity index (χ2v) is 8.50. The molecule has 2 aliphatic rings. The molecule has 1 unspecified atom stereocenters. The normalized spacial score (nSPS) is 19.9. The minimum absolute atomic E-state index is 0.0307. The van der Waals surface area contributed by atoms with Gasteiger partial charge in [0.05, 0.1) is 25.8 Å². The molecule has 2 aromatic rings. The quantitative estimate of drug-likeness (QED) is 0.709. The van der Waals surface area contributed by atoms with Crippen LogP contribution in [0.25, 0.3) is 0 Å². The van der Waals surface area contributed by atoms with Crippen molar-refractivity contribution in [3.05, 3.63) is 47.7 Å². The maximum Gasteiger partial charge on any atom is 0.242 e. The molecule has 7 nitrogen and oxygen atoms in total. The first-order valence-corrected chi connectivity index (χ1v) is 11.3. The summed E-state index contributed by atoms with van der Waals surface area (Å²) < 4.78 is 11.3. The minimum Gasteiger partial charge on any atom is -0.497 e. The summed E-state index contributed by atoms with van der Waals surface area (Å²) >= 11 is 0. The Bertz CT molecular complexity index is 910. The zero-order valence-corrected chi connectivity index (χ0v) is 18.2. The predicted molar refractivity (Wildman–Crippen MR) is 116 cm³/mol. The Balaban J connectivity index is 1.36. The fourth-order valence-electron chi connectivity index (χ4n) is 4.45. The van der Waals surface area contributed by atoms with E-state index >= 15 is 0 Å². The highest BCUT2D eigenvalue weighted by Gasteiger charge is 2.29. The molecule has 2 aliphatic heterocycles. The Hall–Kier alpha value is -2.83. The van der Waals surface area contributed by atoms with E-state index in [9.17, 15) is 9.59 Å². The van der Waals surface area contributed by atoms with Crippen molar-refractivity contribution < 1.29 is 18.7 Å². The number of likely N-dealkylation sites (tertiary alicyclic amines) is 2. The van der Waals surface area contributed by atoms with Gasteiger partial charge in [0.25, 0.3) is 0 Å². The van der Waals surface area contributed by atoms with Crippen molar-refractivity contribution in [2.45, 2.75) is 50.9 Å². The van der Waals surface area contributed by atoms with Crippen molar-refractivity contribution in [1.82, 2.24) is 14.8 Å². The van der Waals surface area contributed by atoms with Crippen LogP contribution in [0, 0.1) is 0 Å². The number of ether oxygens (including phenoxy) is 1. The van der Waals surface area contributed by atoms with Gasteiger partial charge in [0, 0.05) is 32.5 Å². The lowest BCUT2D eigenvalue weighted by molar-refractivity contribution is -0.141. The van der Waals surface area contributed by atoms with E-state index in [1.807, 2.05) is 29.2 Å². The topological polar surface area (TPSA) is 75.9 Å². The summed E-state index contributed by atoms with van der Waals surface area (Å²) in [6, 6.07) is 7.91. The highest BCUT2D eigenvalue weighted by atomic mass is 16.5. The number of carbonyl (C=O) groups is 2. The van der Waals surface area contributed by atoms with E-state index in [0.717, 1.165) is 55.7 Å². The van der Waals surface area contributed by atoms with Crippen molar-refractivity contribution in [2.24, 2.45) is 0 Å². The van der Waals surface area contributed by atoms with Crippen LogP contribution in [0.1, 0.15) is 61.7 Å². The van der Waals surface area contributed by atoms with Gasteiger partial charge in [0.1, 0.15) is 11.5 Å². The van der Waals surface area contributed by atoms with Crippen LogP contribution in [0.2, 0.25) is 0 Å². The van der Waals surface area contributed by atoms with Crippen LogP contribution in [0.5, 0.6) is 5.75 Å². The van der Waals surface area contributed by atoms with Crippen LogP contribution in [-0.2, 0) is 16.0 Å². The Morgan fingerprint density at radius 2 is 2.13 bits per heavy atom. The Labute approximate surface area is 183 Å². The lowest BCUT2D eigenvalue weighted by Crippen LogP contribution is -2.46. The van der Waals surface area contributed by atoms with Gasteiger partial charge in [-0.3, -0.25) is 9.59 Å². The lowest BCUT2D eigenvalue weighted by atomic mass is 9.98. The van der Waals surface area contributed by atoms with E-state index in [0.29, 0.717) is 31.8 Å². The third-order valence-electron chi connectivity index (χ3n) is 6.20. The van der Waals surface area contributed by atoms with Gasteiger partial charge in [-0.25, -0.2) is 4.98 Å². The summed E-state index contributed by atoms with van der Waals surface area (Å²) in [6.45, 7) is 2.21. The zero-order valence-electron chi connectivity index (χ0n) is 18.2. The number of rotatable bonds is 6. The van der Waals surface area contributed by atoms with Gasteiger partial charge in [-0.2, -0.15) is 0 Å². The van der Waals surface area contributed by atoms with Gasteiger partial charge in [-0.1, -0.05) is 18.6 Å². The SMILES string of the molecule is COc1cccc(Cc2cnc(C3CCCN(C(=O)CN4CCCCCC4=O)C3)o2)c1. The molecular formula is C24H31N3O4. The predicted octanol–water partition coefficient (Wildman–Crippen LogP) is 3.38. The van der Waals surface area contributed by atoms with Crippen LogP contribution in [0.4, 0.5) is 0 Å². The summed E-state index contributed by atoms with van der Waals surface area (Å²) in [6.07, 6.45) is 7.82. The Kier molecular flexibility index (Phi) is 6.89. The van der Waals surface area contributed by atoms with Gasteiger partial charge in [0.15, 0.2) is 5.89 Å². The van der Waals surface area contributed by atoms with E-state index in [1.54, 1.807) is 18.2 Å². The summed E-state index contributed by atoms with van der Waals surface area (Å²) in [5.74, 6) is 2.55. The number of benzene rings is 1. The van der Waals surface area contributed by atoms with E-state index < -0.39 is 0 Å². The molecule has 0 bridgehead atoms. The van der Waals surface area contributed by atoms with Crippen LogP contribution >= 0.6 is 0 Å². The number of hydrogen-bond acceptors (Lipinski definition) is 5. The number of carbonyl (C=O) groups excluding carboxylic acids is 2. The Morgan fingerprint density at radius 1 is 1.23 bits per heavy atom. The average molecular weight is 426 g/mol. The van der Waals surface area contributed by atoms with Gasteiger partial charge >= 0.3 is 0 Å². The molecule has 3 heterocycles. The van der Waals surface area contributed by atoms with Crippen LogP contribution in [0.15, 0.2) is 34.9 Å². The number of methoxy groups -OCH3 is 1. The molecule has 1 aromatic carbocycles. The fraction of sp³-hybridized carbons (Fsp3) is 0.542. The standard InChI is InChI=1S/C24H31N3O4/c1-30-20-9-5-7-18(13-20)14-21-15-25-24(31-21)19-8-6-12-26(16-19)23(29)17-27-11-4-2-3-10-22(27)28/h5,7,9,13,15,19H,2-4,6,8,10-12,14,16-17H2,1H3. The molecule has 0 N–H and O–H groups in total. The van der Waals surface area contributed by atoms with Crippen molar-refractivity contribution in [3.63, 3.8) is 0 Å². The molecular weight excluding hydrogens is 394 g/mol. The first-order chi connectivity index (χ1) is 15.1. The second kappa shape index (κ2) is 9.98. The largest absolute Gasteiger partial charge is 0.497 e. The highest BCUT2D eigenvalue weighted by molar-refractivity contribution is 5.85. The molecule has 0 spiro atoms. The average Bonchev–Trinajstić information content (AvgIpc) is 3.17. The summed E-state index contributed by atoms with van der Waals surface area (Å²) in [4.78, 5) is 33.2. The van der Waals surface area contributed by atoms with Gasteiger partial charge in [0.2, 0.25) is 11.8 Å². The van der Waals surface area contributed by atoms with Crippen LogP contribution in [0.3, 0.4) is 0 Å². The number of piperidine rings is 1. The second-order valence-electron chi connectivity index (χ2n) is 8.50. The molecule has 0 saturated carbocycles. The van der Waals surface area contributed by atoms with Crippen LogP contribution in [-0.4, -0.2) is 59.9 Å². The highest BCUT2D eigenvalue weighted by Crippen LogP contribution is 2.28. The molecule has 31 heavy (non-hydrogen) atoms. The minimum atomic E-state index is 0.0307. The van der Waals surface area contributed by atoms with Crippen molar-refractivity contribution in [3.8, 4) is 5.75 Å². The molecule has 4 rings (SSSR count). The van der Waals surface area contributed by atoms with E-state index in [1.165, 1.54) is 0 Å². The number of amides is 2. The molecule has 2 saturated heterocycles. The maximum absolute atomic E-state index is 12.9. The number of aromatic nitrogens is 1.